The molecule has 0 fully saturated rings. The third kappa shape index (κ3) is 3.87. The van der Waals surface area contributed by atoms with Crippen LogP contribution in [0, 0.1) is 0 Å². The number of hydrogen-bond donors (Lipinski definition) is 2. The van der Waals surface area contributed by atoms with Crippen molar-refractivity contribution in [2.24, 2.45) is 0 Å². The topological polar surface area (TPSA) is 71.9 Å². The molecule has 0 unspecified atom stereocenters. The maximum Gasteiger partial charge on any atom is 0.260 e. The minimum absolute atomic E-state index is 0.0855. The summed E-state index contributed by atoms with van der Waals surface area (Å²) in [5, 5.41) is 10.4. The van der Waals surface area contributed by atoms with Gasteiger partial charge >= 0.3 is 0 Å². The summed E-state index contributed by atoms with van der Waals surface area (Å²) in [6.45, 7) is 1.64. The first-order chi connectivity index (χ1) is 11.7. The Bertz CT molecular complexity index is 871. The van der Waals surface area contributed by atoms with Gasteiger partial charge in [-0.2, -0.15) is 5.10 Å². The Morgan fingerprint density at radius 2 is 2.29 bits per heavy atom. The summed E-state index contributed by atoms with van der Waals surface area (Å²) in [5.74, 6) is 0.751. The van der Waals surface area contributed by atoms with Crippen molar-refractivity contribution < 1.29 is 4.74 Å². The van der Waals surface area contributed by atoms with Crippen LogP contribution in [0.2, 0.25) is 4.34 Å². The zero-order valence-electron chi connectivity index (χ0n) is 13.1. The normalized spacial score (nSPS) is 10.9. The summed E-state index contributed by atoms with van der Waals surface area (Å²) >= 11 is 7.44. The molecule has 0 aromatic carbocycles. The molecule has 126 valence electrons. The molecule has 0 atom stereocenters. The molecule has 3 heterocycles. The Morgan fingerprint density at radius 3 is 3.04 bits per heavy atom. The van der Waals surface area contributed by atoms with Gasteiger partial charge in [0.25, 0.3) is 5.56 Å². The number of hydrogen-bond acceptors (Lipinski definition) is 5. The molecule has 6 nitrogen and oxygen atoms in total. The van der Waals surface area contributed by atoms with Crippen molar-refractivity contribution in [2.45, 2.75) is 13.1 Å². The van der Waals surface area contributed by atoms with E-state index < -0.39 is 0 Å². The number of aromatic amines is 1. The van der Waals surface area contributed by atoms with Crippen molar-refractivity contribution in [3.8, 4) is 11.3 Å². The number of rotatable bonds is 7. The fourth-order valence-corrected chi connectivity index (χ4v) is 3.30. The summed E-state index contributed by atoms with van der Waals surface area (Å²) in [7, 11) is 1.61. The molecule has 0 aliphatic rings. The molecule has 0 aliphatic carbocycles. The van der Waals surface area contributed by atoms with Gasteiger partial charge in [0.2, 0.25) is 0 Å². The lowest BCUT2D eigenvalue weighted by atomic mass is 10.2. The van der Waals surface area contributed by atoms with Crippen LogP contribution in [-0.4, -0.2) is 28.5 Å². The highest BCUT2D eigenvalue weighted by atomic mass is 35.5. The SMILES string of the molecule is COCCn1cccc(-c2cc(NCc3ccc(Cl)s3)[nH]n2)c1=O. The smallest absolute Gasteiger partial charge is 0.260 e. The van der Waals surface area contributed by atoms with Crippen LogP contribution in [-0.2, 0) is 17.8 Å². The van der Waals surface area contributed by atoms with Crippen LogP contribution in [0.5, 0.6) is 0 Å². The van der Waals surface area contributed by atoms with Gasteiger partial charge in [-0.05, 0) is 24.3 Å². The number of halogens is 1. The fourth-order valence-electron chi connectivity index (χ4n) is 2.28. The average molecular weight is 365 g/mol. The van der Waals surface area contributed by atoms with Crippen LogP contribution in [0.15, 0.2) is 41.3 Å². The van der Waals surface area contributed by atoms with E-state index in [-0.39, 0.29) is 5.56 Å². The summed E-state index contributed by atoms with van der Waals surface area (Å²) in [6.07, 6.45) is 1.75. The van der Waals surface area contributed by atoms with Crippen molar-refractivity contribution in [3.63, 3.8) is 0 Å². The molecule has 0 radical (unpaired) electrons. The van der Waals surface area contributed by atoms with E-state index in [1.807, 2.05) is 24.3 Å². The number of nitrogens with one attached hydrogen (secondary N) is 2. The van der Waals surface area contributed by atoms with E-state index >= 15 is 0 Å². The zero-order chi connectivity index (χ0) is 16.9. The van der Waals surface area contributed by atoms with Crippen LogP contribution >= 0.6 is 22.9 Å². The molecule has 0 bridgehead atoms. The second-order valence-electron chi connectivity index (χ2n) is 5.14. The Hall–Kier alpha value is -2.09. The summed E-state index contributed by atoms with van der Waals surface area (Å²) in [4.78, 5) is 13.6. The largest absolute Gasteiger partial charge is 0.383 e. The molecule has 0 aliphatic heterocycles. The minimum Gasteiger partial charge on any atom is -0.383 e. The molecular weight excluding hydrogens is 348 g/mol. The third-order valence-corrected chi connectivity index (χ3v) is 4.72. The highest BCUT2D eigenvalue weighted by Crippen LogP contribution is 2.22. The van der Waals surface area contributed by atoms with Gasteiger partial charge in [-0.15, -0.1) is 11.3 Å². The van der Waals surface area contributed by atoms with E-state index in [1.54, 1.807) is 23.9 Å². The van der Waals surface area contributed by atoms with Gasteiger partial charge in [-0.25, -0.2) is 0 Å². The summed E-state index contributed by atoms with van der Waals surface area (Å²) in [5.41, 5.74) is 1.08. The predicted octanol–water partition coefficient (Wildman–Crippen LogP) is 3.21. The van der Waals surface area contributed by atoms with E-state index in [4.69, 9.17) is 16.3 Å². The Balaban J connectivity index is 1.74. The molecule has 0 amide bonds. The Kier molecular flexibility index (Phi) is 5.34. The number of nitrogens with zero attached hydrogens (tertiary/aromatic N) is 2. The molecular formula is C16H17ClN4O2S. The standard InChI is InChI=1S/C16H17ClN4O2S/c1-23-8-7-21-6-2-3-12(16(21)22)13-9-15(20-19-13)18-10-11-4-5-14(17)24-11/h2-6,9H,7-8,10H2,1H3,(H2,18,19,20). The second kappa shape index (κ2) is 7.65. The lowest BCUT2D eigenvalue weighted by molar-refractivity contribution is 0.186. The van der Waals surface area contributed by atoms with Crippen molar-refractivity contribution in [1.29, 1.82) is 0 Å². The molecule has 2 N–H and O–H groups in total. The molecule has 8 heteroatoms. The van der Waals surface area contributed by atoms with Gasteiger partial charge < -0.3 is 14.6 Å². The number of aromatic nitrogens is 3. The molecule has 24 heavy (non-hydrogen) atoms. The molecule has 3 rings (SSSR count). The average Bonchev–Trinajstić information content (AvgIpc) is 3.21. The molecule has 3 aromatic heterocycles. The molecule has 0 saturated heterocycles. The highest BCUT2D eigenvalue weighted by Gasteiger charge is 2.10. The van der Waals surface area contributed by atoms with Gasteiger partial charge in [-0.1, -0.05) is 11.6 Å². The Morgan fingerprint density at radius 1 is 1.42 bits per heavy atom. The minimum atomic E-state index is -0.0855. The summed E-state index contributed by atoms with van der Waals surface area (Å²) in [6, 6.07) is 9.27. The Labute approximate surface area is 148 Å². The first-order valence-corrected chi connectivity index (χ1v) is 8.59. The number of pyridine rings is 1. The lowest BCUT2D eigenvalue weighted by Crippen LogP contribution is -2.22. The monoisotopic (exact) mass is 364 g/mol. The van der Waals surface area contributed by atoms with Crippen molar-refractivity contribution in [2.75, 3.05) is 19.0 Å². The molecule has 0 spiro atoms. The fraction of sp³-hybridized carbons (Fsp3) is 0.250. The number of anilines is 1. The second-order valence-corrected chi connectivity index (χ2v) is 6.94. The quantitative estimate of drug-likeness (QED) is 0.675. The maximum atomic E-state index is 12.5. The van der Waals surface area contributed by atoms with E-state index in [1.165, 1.54) is 11.3 Å². The van der Waals surface area contributed by atoms with Gasteiger partial charge in [0, 0.05) is 30.8 Å². The van der Waals surface area contributed by atoms with Gasteiger partial charge in [0.1, 0.15) is 5.82 Å². The van der Waals surface area contributed by atoms with Crippen LogP contribution in [0.25, 0.3) is 11.3 Å². The van der Waals surface area contributed by atoms with E-state index in [0.717, 1.165) is 15.0 Å². The number of H-pyrrole nitrogens is 1. The van der Waals surface area contributed by atoms with Gasteiger partial charge in [-0.3, -0.25) is 9.89 Å². The van der Waals surface area contributed by atoms with Gasteiger partial charge in [0.05, 0.1) is 28.7 Å². The highest BCUT2D eigenvalue weighted by molar-refractivity contribution is 7.16. The third-order valence-electron chi connectivity index (χ3n) is 3.49. The van der Waals surface area contributed by atoms with Crippen LogP contribution in [0.1, 0.15) is 4.88 Å². The number of ether oxygens (including phenoxy) is 1. The van der Waals surface area contributed by atoms with Crippen molar-refractivity contribution in [3.05, 3.63) is 56.1 Å². The summed E-state index contributed by atoms with van der Waals surface area (Å²) < 4.78 is 7.41. The maximum absolute atomic E-state index is 12.5. The van der Waals surface area contributed by atoms with Crippen LogP contribution in [0.4, 0.5) is 5.82 Å². The first-order valence-electron chi connectivity index (χ1n) is 7.39. The van der Waals surface area contributed by atoms with Crippen molar-refractivity contribution >= 4 is 28.8 Å². The van der Waals surface area contributed by atoms with Crippen LogP contribution < -0.4 is 10.9 Å². The predicted molar refractivity (Wildman–Crippen MR) is 96.8 cm³/mol. The van der Waals surface area contributed by atoms with E-state index in [0.29, 0.717) is 31.0 Å². The van der Waals surface area contributed by atoms with E-state index in [9.17, 15) is 4.79 Å². The number of thiophene rings is 1. The van der Waals surface area contributed by atoms with Crippen molar-refractivity contribution in [1.82, 2.24) is 14.8 Å². The number of methoxy groups -OCH3 is 1. The first kappa shape index (κ1) is 16.8. The molecule has 0 saturated carbocycles. The van der Waals surface area contributed by atoms with Gasteiger partial charge in [0.15, 0.2) is 0 Å². The van der Waals surface area contributed by atoms with Crippen LogP contribution in [0.3, 0.4) is 0 Å². The lowest BCUT2D eigenvalue weighted by Gasteiger charge is -2.05. The zero-order valence-corrected chi connectivity index (χ0v) is 14.7. The van der Waals surface area contributed by atoms with E-state index in [2.05, 4.69) is 15.5 Å². The molecule has 3 aromatic rings.